The van der Waals surface area contributed by atoms with E-state index in [1.165, 1.54) is 27.5 Å². The minimum Gasteiger partial charge on any atom is -0.330 e. The molecule has 110 valence electrons. The van der Waals surface area contributed by atoms with E-state index >= 15 is 0 Å². The Morgan fingerprint density at radius 2 is 1.57 bits per heavy atom. The highest BCUT2D eigenvalue weighted by Crippen LogP contribution is 2.28. The first-order chi connectivity index (χ1) is 11.4. The molecule has 0 saturated carbocycles. The maximum Gasteiger partial charge on any atom is 0.114 e. The van der Waals surface area contributed by atoms with Gasteiger partial charge in [-0.25, -0.2) is 4.98 Å². The maximum atomic E-state index is 4.89. The fraction of sp³-hybridized carbons (Fsp3) is 0.0952. The Hall–Kier alpha value is -2.87. The molecule has 1 aliphatic rings. The summed E-state index contributed by atoms with van der Waals surface area (Å²) < 4.78 is 2.28. The van der Waals surface area contributed by atoms with Crippen LogP contribution in [-0.2, 0) is 13.0 Å². The molecule has 0 unspecified atom stereocenters. The van der Waals surface area contributed by atoms with Crippen LogP contribution in [0.5, 0.6) is 0 Å². The smallest absolute Gasteiger partial charge is 0.114 e. The van der Waals surface area contributed by atoms with Gasteiger partial charge in [0.25, 0.3) is 0 Å². The molecule has 0 fully saturated rings. The minimum absolute atomic E-state index is 0.920. The molecule has 0 radical (unpaired) electrons. The molecule has 0 atom stereocenters. The van der Waals surface area contributed by atoms with E-state index in [4.69, 9.17) is 4.98 Å². The van der Waals surface area contributed by atoms with Crippen molar-refractivity contribution in [1.82, 2.24) is 9.55 Å². The van der Waals surface area contributed by atoms with Gasteiger partial charge in [0.05, 0.1) is 5.69 Å². The van der Waals surface area contributed by atoms with Crippen molar-refractivity contribution in [3.05, 3.63) is 89.9 Å². The summed E-state index contributed by atoms with van der Waals surface area (Å²) in [4.78, 5) is 4.89. The molecule has 2 nitrogen and oxygen atoms in total. The van der Waals surface area contributed by atoms with Crippen LogP contribution in [0, 0.1) is 0 Å². The minimum atomic E-state index is 0.920. The third kappa shape index (κ3) is 2.07. The predicted molar refractivity (Wildman–Crippen MR) is 93.5 cm³/mol. The van der Waals surface area contributed by atoms with Gasteiger partial charge in [-0.15, -0.1) is 0 Å². The van der Waals surface area contributed by atoms with Crippen molar-refractivity contribution < 1.29 is 0 Å². The van der Waals surface area contributed by atoms with E-state index < -0.39 is 0 Å². The average molecular weight is 296 g/mol. The van der Waals surface area contributed by atoms with Gasteiger partial charge in [0.1, 0.15) is 5.82 Å². The molecule has 0 saturated heterocycles. The summed E-state index contributed by atoms with van der Waals surface area (Å²) in [6.45, 7) is 0.923. The van der Waals surface area contributed by atoms with Gasteiger partial charge in [-0.1, -0.05) is 60.7 Å². The maximum absolute atomic E-state index is 4.89. The van der Waals surface area contributed by atoms with E-state index in [0.29, 0.717) is 0 Å². The van der Waals surface area contributed by atoms with Crippen molar-refractivity contribution in [2.45, 2.75) is 13.0 Å². The average Bonchev–Trinajstić information content (AvgIpc) is 3.02. The number of imidazole rings is 1. The molecule has 1 aliphatic heterocycles. The van der Waals surface area contributed by atoms with Crippen molar-refractivity contribution in [3.8, 4) is 11.3 Å². The number of fused-ring (bicyclic) bond motifs is 3. The van der Waals surface area contributed by atoms with Gasteiger partial charge in [-0.05, 0) is 28.0 Å². The lowest BCUT2D eigenvalue weighted by Gasteiger charge is -2.17. The molecule has 5 rings (SSSR count). The largest absolute Gasteiger partial charge is 0.330 e. The van der Waals surface area contributed by atoms with Gasteiger partial charge in [0, 0.05) is 24.7 Å². The lowest BCUT2D eigenvalue weighted by Crippen LogP contribution is -2.13. The Balaban J connectivity index is 1.59. The number of rotatable bonds is 1. The third-order valence-corrected chi connectivity index (χ3v) is 4.71. The van der Waals surface area contributed by atoms with Gasteiger partial charge >= 0.3 is 0 Å². The molecule has 2 heteroatoms. The van der Waals surface area contributed by atoms with Crippen molar-refractivity contribution in [2.75, 3.05) is 0 Å². The molecule has 3 aromatic carbocycles. The van der Waals surface area contributed by atoms with Crippen LogP contribution in [0.3, 0.4) is 0 Å². The SMILES string of the molecule is c1ccc2c(c1)Cc1nc(-c3ccc4ccccc4c3)cn1C2. The molecule has 0 amide bonds. The number of nitrogens with zero attached hydrogens (tertiary/aromatic N) is 2. The summed E-state index contributed by atoms with van der Waals surface area (Å²) in [5, 5.41) is 2.53. The molecule has 1 aromatic heterocycles. The van der Waals surface area contributed by atoms with Crippen molar-refractivity contribution in [1.29, 1.82) is 0 Å². The predicted octanol–water partition coefficient (Wildman–Crippen LogP) is 4.66. The molecular weight excluding hydrogens is 280 g/mol. The van der Waals surface area contributed by atoms with E-state index in [2.05, 4.69) is 77.5 Å². The Labute approximate surface area is 135 Å². The molecule has 0 spiro atoms. The molecule has 0 N–H and O–H groups in total. The second-order valence-electron chi connectivity index (χ2n) is 6.18. The number of hydrogen-bond acceptors (Lipinski definition) is 1. The van der Waals surface area contributed by atoms with Crippen LogP contribution < -0.4 is 0 Å². The van der Waals surface area contributed by atoms with E-state index in [9.17, 15) is 0 Å². The molecule has 2 heterocycles. The fourth-order valence-electron chi connectivity index (χ4n) is 3.46. The van der Waals surface area contributed by atoms with Crippen molar-refractivity contribution >= 4 is 10.8 Å². The lowest BCUT2D eigenvalue weighted by atomic mass is 10.0. The van der Waals surface area contributed by atoms with Gasteiger partial charge < -0.3 is 4.57 Å². The van der Waals surface area contributed by atoms with Gasteiger partial charge in [-0.2, -0.15) is 0 Å². The van der Waals surface area contributed by atoms with E-state index in [1.54, 1.807) is 0 Å². The highest BCUT2D eigenvalue weighted by molar-refractivity contribution is 5.86. The summed E-state index contributed by atoms with van der Waals surface area (Å²) >= 11 is 0. The highest BCUT2D eigenvalue weighted by Gasteiger charge is 2.17. The zero-order valence-electron chi connectivity index (χ0n) is 12.7. The molecule has 23 heavy (non-hydrogen) atoms. The highest BCUT2D eigenvalue weighted by atomic mass is 15.1. The summed E-state index contributed by atoms with van der Waals surface area (Å²) in [7, 11) is 0. The second-order valence-corrected chi connectivity index (χ2v) is 6.18. The quantitative estimate of drug-likeness (QED) is 0.440. The van der Waals surface area contributed by atoms with Crippen LogP contribution in [0.25, 0.3) is 22.0 Å². The second kappa shape index (κ2) is 4.82. The van der Waals surface area contributed by atoms with Crippen LogP contribution in [0.15, 0.2) is 72.9 Å². The van der Waals surface area contributed by atoms with Crippen LogP contribution in [0.1, 0.15) is 17.0 Å². The summed E-state index contributed by atoms with van der Waals surface area (Å²) in [6, 6.07) is 23.7. The van der Waals surface area contributed by atoms with Gasteiger partial charge in [0.15, 0.2) is 0 Å². The summed E-state index contributed by atoms with van der Waals surface area (Å²) in [5.74, 6) is 1.16. The van der Waals surface area contributed by atoms with Gasteiger partial charge in [-0.3, -0.25) is 0 Å². The first-order valence-corrected chi connectivity index (χ1v) is 7.99. The first-order valence-electron chi connectivity index (χ1n) is 7.99. The zero-order valence-corrected chi connectivity index (χ0v) is 12.7. The Bertz CT molecular complexity index is 984. The standard InChI is InChI=1S/C21H16N2/c1-2-6-16-11-18(10-9-15(16)5-1)20-14-23-13-19-8-4-3-7-17(19)12-21(23)22-20/h1-11,14H,12-13H2. The molecular formula is C21H16N2. The lowest BCUT2D eigenvalue weighted by molar-refractivity contribution is 0.701. The van der Waals surface area contributed by atoms with E-state index in [-0.39, 0.29) is 0 Å². The third-order valence-electron chi connectivity index (χ3n) is 4.71. The summed E-state index contributed by atoms with van der Waals surface area (Å²) in [6.07, 6.45) is 3.11. The van der Waals surface area contributed by atoms with Crippen LogP contribution in [-0.4, -0.2) is 9.55 Å². The fourth-order valence-corrected chi connectivity index (χ4v) is 3.46. The Morgan fingerprint density at radius 1 is 0.783 bits per heavy atom. The molecule has 0 aliphatic carbocycles. The van der Waals surface area contributed by atoms with Crippen LogP contribution in [0.2, 0.25) is 0 Å². The number of aromatic nitrogens is 2. The first kappa shape index (κ1) is 12.7. The number of benzene rings is 3. The monoisotopic (exact) mass is 296 g/mol. The Kier molecular flexibility index (Phi) is 2.65. The van der Waals surface area contributed by atoms with Crippen molar-refractivity contribution in [2.24, 2.45) is 0 Å². The topological polar surface area (TPSA) is 17.8 Å². The zero-order chi connectivity index (χ0) is 15.2. The van der Waals surface area contributed by atoms with Crippen LogP contribution in [0.4, 0.5) is 0 Å². The van der Waals surface area contributed by atoms with Crippen molar-refractivity contribution in [3.63, 3.8) is 0 Å². The molecule has 4 aromatic rings. The summed E-state index contributed by atoms with van der Waals surface area (Å²) in [5.41, 5.74) is 5.06. The van der Waals surface area contributed by atoms with Crippen LogP contribution >= 0.6 is 0 Å². The van der Waals surface area contributed by atoms with E-state index in [0.717, 1.165) is 24.5 Å². The van der Waals surface area contributed by atoms with E-state index in [1.807, 2.05) is 0 Å². The number of hydrogen-bond donors (Lipinski definition) is 0. The Morgan fingerprint density at radius 3 is 2.48 bits per heavy atom. The normalized spacial score (nSPS) is 12.9. The van der Waals surface area contributed by atoms with Gasteiger partial charge in [0.2, 0.25) is 0 Å². The molecule has 0 bridgehead atoms.